The number of aryl methyl sites for hydroxylation is 2. The van der Waals surface area contributed by atoms with Crippen molar-refractivity contribution in [2.45, 2.75) is 107 Å². The van der Waals surface area contributed by atoms with E-state index in [0.29, 0.717) is 73.9 Å². The molecule has 2 saturated heterocycles. The molecule has 5 aliphatic heterocycles. The molecule has 10 atom stereocenters. The number of aromatic amines is 1. The molecule has 2 aromatic heterocycles. The van der Waals surface area contributed by atoms with Crippen LogP contribution in [0.1, 0.15) is 80.3 Å². The maximum absolute atomic E-state index is 15.6. The number of likely N-dealkylation sites (N-methyl/N-ethyl adjacent to an activating group) is 1. The summed E-state index contributed by atoms with van der Waals surface area (Å²) in [5.41, 5.74) is 0.561. The first-order valence-corrected chi connectivity index (χ1v) is 23.5. The second-order valence-electron chi connectivity index (χ2n) is 20.2. The predicted octanol–water partition coefficient (Wildman–Crippen LogP) is 6.39. The number of esters is 3. The summed E-state index contributed by atoms with van der Waals surface area (Å²) in [5, 5.41) is 18.5. The maximum Gasteiger partial charge on any atom is 0.344 e. The summed E-state index contributed by atoms with van der Waals surface area (Å²) in [7, 11) is 5.94. The van der Waals surface area contributed by atoms with E-state index in [2.05, 4.69) is 26.0 Å². The molecule has 7 heterocycles. The Morgan fingerprint density at radius 2 is 1.79 bits per heavy atom. The third kappa shape index (κ3) is 6.13. The van der Waals surface area contributed by atoms with Crippen molar-refractivity contribution in [3.05, 3.63) is 76.3 Å². The summed E-state index contributed by atoms with van der Waals surface area (Å²) in [6.45, 7) is 10.4. The van der Waals surface area contributed by atoms with Gasteiger partial charge in [0.05, 0.1) is 33.1 Å². The number of anilines is 1. The molecular formula is C51H61F2N5O9. The molecule has 2 aromatic carbocycles. The molecule has 4 aromatic rings. The van der Waals surface area contributed by atoms with Gasteiger partial charge in [-0.1, -0.05) is 30.3 Å². The highest BCUT2D eigenvalue weighted by atomic mass is 19.3. The first-order chi connectivity index (χ1) is 31.8. The number of aliphatic hydroxyl groups is 1. The Morgan fingerprint density at radius 3 is 2.45 bits per heavy atom. The largest absolute Gasteiger partial charge is 0.496 e. The predicted molar refractivity (Wildman–Crippen MR) is 244 cm³/mol. The topological polar surface area (TPSA) is 160 Å². The van der Waals surface area contributed by atoms with E-state index in [1.54, 1.807) is 0 Å². The smallest absolute Gasteiger partial charge is 0.344 e. The zero-order valence-corrected chi connectivity index (χ0v) is 39.8. The molecule has 1 aliphatic carbocycles. The van der Waals surface area contributed by atoms with E-state index >= 15 is 13.6 Å². The van der Waals surface area contributed by atoms with Crippen molar-refractivity contribution in [1.82, 2.24) is 19.9 Å². The number of nitrogens with one attached hydrogen (secondary N) is 1. The van der Waals surface area contributed by atoms with Crippen LogP contribution in [0.3, 0.4) is 0 Å². The number of alkyl halides is 2. The zero-order chi connectivity index (χ0) is 47.7. The fraction of sp³-hybridized carbons (Fsp3) is 0.569. The molecular weight excluding hydrogens is 865 g/mol. The summed E-state index contributed by atoms with van der Waals surface area (Å²) < 4.78 is 60.7. The molecule has 6 unspecified atom stereocenters. The van der Waals surface area contributed by atoms with E-state index in [1.807, 2.05) is 69.1 Å². The van der Waals surface area contributed by atoms with Crippen molar-refractivity contribution in [3.8, 4) is 16.9 Å². The van der Waals surface area contributed by atoms with Crippen molar-refractivity contribution in [2.75, 3.05) is 66.0 Å². The number of nitrogens with zero attached hydrogens (tertiary/aromatic N) is 4. The molecule has 2 bridgehead atoms. The number of benzene rings is 2. The number of H-pyrrole nitrogens is 1. The fourth-order valence-electron chi connectivity index (χ4n) is 14.5. The number of methoxy groups -OCH3 is 3. The van der Waals surface area contributed by atoms with Gasteiger partial charge in [-0.2, -0.15) is 0 Å². The number of halogens is 2. The van der Waals surface area contributed by atoms with E-state index in [9.17, 15) is 14.7 Å². The summed E-state index contributed by atoms with van der Waals surface area (Å²) in [5.74, 6) is -5.44. The van der Waals surface area contributed by atoms with Crippen molar-refractivity contribution >= 4 is 34.5 Å². The Kier molecular flexibility index (Phi) is 10.6. The lowest BCUT2D eigenvalue weighted by Gasteiger charge is -2.63. The first-order valence-electron chi connectivity index (χ1n) is 23.5. The van der Waals surface area contributed by atoms with E-state index in [0.717, 1.165) is 45.8 Å². The van der Waals surface area contributed by atoms with Gasteiger partial charge in [-0.25, -0.2) is 13.6 Å². The average Bonchev–Trinajstić information content (AvgIpc) is 4.05. The number of hydrogen-bond donors (Lipinski definition) is 2. The fourth-order valence-corrected chi connectivity index (χ4v) is 14.5. The van der Waals surface area contributed by atoms with Crippen LogP contribution in [-0.4, -0.2) is 134 Å². The molecule has 358 valence electrons. The Hall–Kier alpha value is -5.32. The minimum Gasteiger partial charge on any atom is -0.496 e. The number of carbonyl (C=O) groups is 3. The summed E-state index contributed by atoms with van der Waals surface area (Å²) in [4.78, 5) is 53.3. The molecule has 6 aliphatic rings. The van der Waals surface area contributed by atoms with Crippen molar-refractivity contribution in [2.24, 2.45) is 17.3 Å². The highest BCUT2D eigenvalue weighted by Crippen LogP contribution is 2.68. The second-order valence-corrected chi connectivity index (χ2v) is 20.2. The molecule has 3 fully saturated rings. The number of aromatic nitrogens is 2. The number of hydrogen-bond acceptors (Lipinski definition) is 13. The molecule has 1 saturated carbocycles. The molecule has 2 N–H and O–H groups in total. The van der Waals surface area contributed by atoms with E-state index < -0.39 is 63.7 Å². The number of ether oxygens (including phenoxy) is 4. The lowest BCUT2D eigenvalue weighted by molar-refractivity contribution is -0.228. The van der Waals surface area contributed by atoms with Crippen LogP contribution in [-0.2, 0) is 45.8 Å². The normalized spacial score (nSPS) is 33.2. The van der Waals surface area contributed by atoms with Crippen LogP contribution >= 0.6 is 0 Å². The van der Waals surface area contributed by atoms with Gasteiger partial charge >= 0.3 is 17.9 Å². The number of rotatable bonds is 8. The number of fused-ring (bicyclic) bond motifs is 6. The van der Waals surface area contributed by atoms with Crippen LogP contribution in [0.4, 0.5) is 14.5 Å². The van der Waals surface area contributed by atoms with Gasteiger partial charge in [0.1, 0.15) is 16.9 Å². The van der Waals surface area contributed by atoms with Crippen molar-refractivity contribution < 1.29 is 51.7 Å². The monoisotopic (exact) mass is 925 g/mol. The minimum absolute atomic E-state index is 0.110. The van der Waals surface area contributed by atoms with Gasteiger partial charge in [0.25, 0.3) is 0 Å². The number of piperidine rings is 1. The Labute approximate surface area is 388 Å². The molecule has 14 nitrogen and oxygen atoms in total. The van der Waals surface area contributed by atoms with Gasteiger partial charge in [-0.3, -0.25) is 14.5 Å². The van der Waals surface area contributed by atoms with Gasteiger partial charge in [-0.05, 0) is 100 Å². The van der Waals surface area contributed by atoms with Crippen LogP contribution in [0, 0.1) is 31.1 Å². The SMILES string of the molecule is CC[C@@]12C=CCN3CCC4(c5cc([C@@]6(C(=O)OC)CC7CC(C(C)(F)F)CN(CCc8c6[nH]c6ccc(-c9c(C)noc9C)cc86)C7)c(OC)cc5N(C)C4[C@](O)(C(=O)OC)[C@H]1OC(C)=O)C32. The van der Waals surface area contributed by atoms with Gasteiger partial charge < -0.3 is 43.4 Å². The molecule has 16 heteroatoms. The van der Waals surface area contributed by atoms with Crippen LogP contribution < -0.4 is 9.64 Å². The Bertz CT molecular complexity index is 2710. The van der Waals surface area contributed by atoms with E-state index in [-0.39, 0.29) is 31.3 Å². The summed E-state index contributed by atoms with van der Waals surface area (Å²) in [6, 6.07) is 8.57. The van der Waals surface area contributed by atoms with Gasteiger partial charge in [0, 0.05) is 102 Å². The van der Waals surface area contributed by atoms with Gasteiger partial charge in [0.2, 0.25) is 11.5 Å². The van der Waals surface area contributed by atoms with Crippen LogP contribution in [0.15, 0.2) is 47.0 Å². The first kappa shape index (κ1) is 45.5. The quantitative estimate of drug-likeness (QED) is 0.114. The van der Waals surface area contributed by atoms with E-state index in [1.165, 1.54) is 28.3 Å². The van der Waals surface area contributed by atoms with Crippen LogP contribution in [0.25, 0.3) is 22.0 Å². The van der Waals surface area contributed by atoms with Gasteiger partial charge in [0.15, 0.2) is 6.10 Å². The standard InChI is InChI=1S/C51H61F2N5O9/c1-10-48-15-11-17-58-19-16-49(42(48)58)35-22-36(39(63-7)23-38(35)56(6)43(49)51(62,46(61)65-9)44(48)66-29(4)59)50(45(60)64-8)24-30-20-32(47(5,52)53)26-57(25-30)18-14-33-34-21-31(12-13-37(34)54-41(33)50)40-27(2)55-67-28(40)3/h11-13,15,21-23,30,32,42-44,54,62H,10,14,16-20,24-26H2,1-9H3/t30?,32?,42?,43?,44-,48-,49?,50-,51+/m0/s1. The van der Waals surface area contributed by atoms with Crippen molar-refractivity contribution in [3.63, 3.8) is 0 Å². The summed E-state index contributed by atoms with van der Waals surface area (Å²) >= 11 is 0. The lowest BCUT2D eigenvalue weighted by atomic mass is 9.47. The van der Waals surface area contributed by atoms with Crippen LogP contribution in [0.5, 0.6) is 5.75 Å². The average molecular weight is 926 g/mol. The Morgan fingerprint density at radius 1 is 1.03 bits per heavy atom. The highest BCUT2D eigenvalue weighted by molar-refractivity contribution is 5.96. The molecule has 10 rings (SSSR count). The zero-order valence-electron chi connectivity index (χ0n) is 39.8. The van der Waals surface area contributed by atoms with Crippen LogP contribution in [0.2, 0.25) is 0 Å². The summed E-state index contributed by atoms with van der Waals surface area (Å²) in [6.07, 6.45) is 4.33. The maximum atomic E-state index is 15.6. The van der Waals surface area contributed by atoms with E-state index in [4.69, 9.17) is 23.5 Å². The highest BCUT2D eigenvalue weighted by Gasteiger charge is 2.80. The molecule has 67 heavy (non-hydrogen) atoms. The molecule has 0 amide bonds. The van der Waals surface area contributed by atoms with Gasteiger partial charge in [-0.15, -0.1) is 0 Å². The second kappa shape index (κ2) is 15.6. The third-order valence-electron chi connectivity index (χ3n) is 17.0. The van der Waals surface area contributed by atoms with Crippen molar-refractivity contribution in [1.29, 1.82) is 0 Å². The Balaban J connectivity index is 1.28. The third-order valence-corrected chi connectivity index (χ3v) is 17.0. The minimum atomic E-state index is -2.97. The molecule has 0 radical (unpaired) electrons. The number of carbonyl (C=O) groups excluding carboxylic acids is 3. The lowest BCUT2D eigenvalue weighted by Crippen LogP contribution is -2.81. The molecule has 1 spiro atoms.